The number of carbonyl (C=O) groups excluding carboxylic acids is 2. The molecule has 26 heavy (non-hydrogen) atoms. The second-order valence-electron chi connectivity index (χ2n) is 6.13. The van der Waals surface area contributed by atoms with Crippen LogP contribution in [0.15, 0.2) is 30.3 Å². The van der Waals surface area contributed by atoms with E-state index < -0.39 is 0 Å². The summed E-state index contributed by atoms with van der Waals surface area (Å²) in [6.07, 6.45) is 8.29. The van der Waals surface area contributed by atoms with Gasteiger partial charge in [-0.2, -0.15) is 0 Å². The van der Waals surface area contributed by atoms with Gasteiger partial charge >= 0.3 is 5.97 Å². The number of esters is 1. The molecule has 0 atom stereocenters. The number of methoxy groups -OCH3 is 1. The summed E-state index contributed by atoms with van der Waals surface area (Å²) in [7, 11) is 1.37. The van der Waals surface area contributed by atoms with Gasteiger partial charge in [-0.3, -0.25) is 4.79 Å². The first-order valence-electron chi connectivity index (χ1n) is 8.56. The van der Waals surface area contributed by atoms with E-state index in [0.717, 1.165) is 43.2 Å². The minimum Gasteiger partial charge on any atom is -0.465 e. The molecule has 1 heterocycles. The van der Waals surface area contributed by atoms with E-state index in [-0.39, 0.29) is 11.9 Å². The third kappa shape index (κ3) is 4.34. The van der Waals surface area contributed by atoms with Crippen molar-refractivity contribution in [1.29, 1.82) is 0 Å². The third-order valence-corrected chi connectivity index (χ3v) is 5.80. The Morgan fingerprint density at radius 2 is 1.88 bits per heavy atom. The molecular weight excluding hydrogens is 370 g/mol. The van der Waals surface area contributed by atoms with E-state index in [2.05, 4.69) is 5.32 Å². The van der Waals surface area contributed by atoms with Gasteiger partial charge in [-0.05, 0) is 55.0 Å². The summed E-state index contributed by atoms with van der Waals surface area (Å²) in [5.41, 5.74) is 2.43. The van der Waals surface area contributed by atoms with Crippen LogP contribution in [0.2, 0.25) is 5.02 Å². The minimum absolute atomic E-state index is 0.276. The molecule has 2 aromatic rings. The molecule has 1 N–H and O–H groups in total. The summed E-state index contributed by atoms with van der Waals surface area (Å²) in [4.78, 5) is 25.8. The molecule has 0 spiro atoms. The summed E-state index contributed by atoms with van der Waals surface area (Å²) in [6, 6.07) is 7.20. The minimum atomic E-state index is -0.388. The van der Waals surface area contributed by atoms with E-state index in [1.807, 2.05) is 12.1 Å². The molecule has 0 unspecified atom stereocenters. The molecule has 0 saturated carbocycles. The fourth-order valence-electron chi connectivity index (χ4n) is 3.05. The molecule has 3 rings (SSSR count). The maximum atomic E-state index is 12.3. The van der Waals surface area contributed by atoms with Crippen LogP contribution in [-0.2, 0) is 22.4 Å². The topological polar surface area (TPSA) is 55.4 Å². The van der Waals surface area contributed by atoms with Crippen LogP contribution in [0.1, 0.15) is 45.6 Å². The SMILES string of the molecule is COC(=O)c1c(NC(=O)/C=C/c2ccc(Cl)cc2)sc2c1CCCCC2. The van der Waals surface area contributed by atoms with E-state index in [0.29, 0.717) is 15.6 Å². The van der Waals surface area contributed by atoms with Gasteiger partial charge in [0.15, 0.2) is 0 Å². The van der Waals surface area contributed by atoms with Crippen LogP contribution in [0.25, 0.3) is 6.08 Å². The Morgan fingerprint density at radius 3 is 2.62 bits per heavy atom. The molecule has 1 aromatic heterocycles. The summed E-state index contributed by atoms with van der Waals surface area (Å²) in [5, 5.41) is 4.08. The molecule has 0 saturated heterocycles. The van der Waals surface area contributed by atoms with Crippen LogP contribution in [-0.4, -0.2) is 19.0 Å². The molecule has 0 radical (unpaired) electrons. The number of nitrogens with one attached hydrogen (secondary N) is 1. The number of rotatable bonds is 4. The highest BCUT2D eigenvalue weighted by Crippen LogP contribution is 2.37. The van der Waals surface area contributed by atoms with E-state index in [4.69, 9.17) is 16.3 Å². The average molecular weight is 390 g/mol. The summed E-state index contributed by atoms with van der Waals surface area (Å²) >= 11 is 7.34. The van der Waals surface area contributed by atoms with Crippen LogP contribution in [0.5, 0.6) is 0 Å². The van der Waals surface area contributed by atoms with Gasteiger partial charge < -0.3 is 10.1 Å². The van der Waals surface area contributed by atoms with Crippen LogP contribution >= 0.6 is 22.9 Å². The van der Waals surface area contributed by atoms with Gasteiger partial charge in [0.25, 0.3) is 0 Å². The predicted octanol–water partition coefficient (Wildman–Crippen LogP) is 5.11. The maximum absolute atomic E-state index is 12.3. The van der Waals surface area contributed by atoms with Crippen molar-refractivity contribution in [3.63, 3.8) is 0 Å². The Hall–Kier alpha value is -2.11. The van der Waals surface area contributed by atoms with E-state index in [9.17, 15) is 9.59 Å². The monoisotopic (exact) mass is 389 g/mol. The molecule has 1 amide bonds. The quantitative estimate of drug-likeness (QED) is 0.449. The number of anilines is 1. The number of hydrogen-bond acceptors (Lipinski definition) is 4. The first-order chi connectivity index (χ1) is 12.6. The lowest BCUT2D eigenvalue weighted by Gasteiger charge is -2.06. The highest BCUT2D eigenvalue weighted by Gasteiger charge is 2.25. The lowest BCUT2D eigenvalue weighted by molar-refractivity contribution is -0.111. The molecular formula is C20H20ClNO3S. The van der Waals surface area contributed by atoms with Crippen molar-refractivity contribution in [2.24, 2.45) is 0 Å². The molecule has 6 heteroatoms. The van der Waals surface area contributed by atoms with E-state index in [1.165, 1.54) is 29.4 Å². The average Bonchev–Trinajstić information content (AvgIpc) is 2.81. The van der Waals surface area contributed by atoms with E-state index in [1.54, 1.807) is 18.2 Å². The van der Waals surface area contributed by atoms with Gasteiger partial charge in [-0.15, -0.1) is 11.3 Å². The smallest absolute Gasteiger partial charge is 0.341 e. The van der Waals surface area contributed by atoms with Crippen LogP contribution < -0.4 is 5.32 Å². The normalized spacial score (nSPS) is 13.9. The zero-order chi connectivity index (χ0) is 18.5. The van der Waals surface area contributed by atoms with Crippen LogP contribution in [0.3, 0.4) is 0 Å². The first-order valence-corrected chi connectivity index (χ1v) is 9.75. The number of fused-ring (bicyclic) bond motifs is 1. The standard InChI is InChI=1S/C20H20ClNO3S/c1-25-20(24)18-15-5-3-2-4-6-16(15)26-19(18)22-17(23)12-9-13-7-10-14(21)11-8-13/h7-12H,2-6H2,1H3,(H,22,23)/b12-9+. The van der Waals surface area contributed by atoms with Crippen molar-refractivity contribution in [3.05, 3.63) is 56.9 Å². The van der Waals surface area contributed by atoms with Gasteiger partial charge in [-0.25, -0.2) is 4.79 Å². The Balaban J connectivity index is 1.81. The number of aryl methyl sites for hydroxylation is 1. The highest BCUT2D eigenvalue weighted by molar-refractivity contribution is 7.17. The predicted molar refractivity (Wildman–Crippen MR) is 106 cm³/mol. The number of benzene rings is 1. The van der Waals surface area contributed by atoms with Crippen molar-refractivity contribution in [1.82, 2.24) is 0 Å². The highest BCUT2D eigenvalue weighted by atomic mass is 35.5. The summed E-state index contributed by atoms with van der Waals surface area (Å²) in [5.74, 6) is -0.664. The molecule has 0 aliphatic heterocycles. The lowest BCUT2D eigenvalue weighted by Crippen LogP contribution is -2.12. The molecule has 1 aliphatic carbocycles. The fourth-order valence-corrected chi connectivity index (χ4v) is 4.45. The Labute approximate surface area is 161 Å². The van der Waals surface area contributed by atoms with Crippen LogP contribution in [0, 0.1) is 0 Å². The fraction of sp³-hybridized carbons (Fsp3) is 0.300. The van der Waals surface area contributed by atoms with Crippen molar-refractivity contribution in [2.45, 2.75) is 32.1 Å². The van der Waals surface area contributed by atoms with Gasteiger partial charge in [0.2, 0.25) is 5.91 Å². The van der Waals surface area contributed by atoms with E-state index >= 15 is 0 Å². The number of amides is 1. The zero-order valence-electron chi connectivity index (χ0n) is 14.5. The van der Waals surface area contributed by atoms with Gasteiger partial charge in [0, 0.05) is 16.0 Å². The Bertz CT molecular complexity index is 839. The Morgan fingerprint density at radius 1 is 1.15 bits per heavy atom. The number of thiophene rings is 1. The molecule has 0 fully saturated rings. The summed E-state index contributed by atoms with van der Waals surface area (Å²) < 4.78 is 4.95. The molecule has 1 aliphatic rings. The molecule has 136 valence electrons. The third-order valence-electron chi connectivity index (χ3n) is 4.34. The first kappa shape index (κ1) is 18.7. The largest absolute Gasteiger partial charge is 0.465 e. The Kier molecular flexibility index (Phi) is 6.12. The summed E-state index contributed by atoms with van der Waals surface area (Å²) in [6.45, 7) is 0. The van der Waals surface area contributed by atoms with Crippen molar-refractivity contribution < 1.29 is 14.3 Å². The molecule has 4 nitrogen and oxygen atoms in total. The zero-order valence-corrected chi connectivity index (χ0v) is 16.1. The van der Waals surface area contributed by atoms with Crippen LogP contribution in [0.4, 0.5) is 5.00 Å². The van der Waals surface area contributed by atoms with Gasteiger partial charge in [-0.1, -0.05) is 30.2 Å². The number of carbonyl (C=O) groups is 2. The van der Waals surface area contributed by atoms with Crippen molar-refractivity contribution >= 4 is 45.9 Å². The van der Waals surface area contributed by atoms with Crippen molar-refractivity contribution in [3.8, 4) is 0 Å². The van der Waals surface area contributed by atoms with Gasteiger partial charge in [0.1, 0.15) is 5.00 Å². The maximum Gasteiger partial charge on any atom is 0.341 e. The van der Waals surface area contributed by atoms with Crippen molar-refractivity contribution in [2.75, 3.05) is 12.4 Å². The molecule has 0 bridgehead atoms. The lowest BCUT2D eigenvalue weighted by atomic mass is 10.1. The molecule has 1 aromatic carbocycles. The number of halogens is 1. The number of ether oxygens (including phenoxy) is 1. The second-order valence-corrected chi connectivity index (χ2v) is 7.68. The number of hydrogen-bond donors (Lipinski definition) is 1. The second kappa shape index (κ2) is 8.52. The van der Waals surface area contributed by atoms with Gasteiger partial charge in [0.05, 0.1) is 12.7 Å².